The van der Waals surface area contributed by atoms with Gasteiger partial charge in [-0.1, -0.05) is 55.3 Å². The van der Waals surface area contributed by atoms with Crippen LogP contribution in [0.25, 0.3) is 0 Å². The molecule has 138 valence electrons. The summed E-state index contributed by atoms with van der Waals surface area (Å²) in [5, 5.41) is 6.30. The van der Waals surface area contributed by atoms with Gasteiger partial charge in [-0.2, -0.15) is 0 Å². The first-order chi connectivity index (χ1) is 12.5. The number of amides is 2. The van der Waals surface area contributed by atoms with E-state index in [0.29, 0.717) is 17.1 Å². The zero-order chi connectivity index (χ0) is 18.9. The molecule has 0 aliphatic heterocycles. The van der Waals surface area contributed by atoms with E-state index >= 15 is 0 Å². The number of aromatic nitrogens is 1. The SMILES string of the molecule is CCC[C@H](NC(=O)Cc1ccccc1)C(=O)N[C@H](C)c1ccc(Cl)cn1. The van der Waals surface area contributed by atoms with Crippen molar-refractivity contribution in [2.24, 2.45) is 0 Å². The molecule has 0 radical (unpaired) electrons. The summed E-state index contributed by atoms with van der Waals surface area (Å²) in [6.45, 7) is 3.83. The van der Waals surface area contributed by atoms with Crippen LogP contribution in [0, 0.1) is 0 Å². The molecule has 0 saturated heterocycles. The van der Waals surface area contributed by atoms with Crippen molar-refractivity contribution in [3.05, 3.63) is 64.9 Å². The number of hydrogen-bond donors (Lipinski definition) is 2. The molecule has 0 unspecified atom stereocenters. The highest BCUT2D eigenvalue weighted by Crippen LogP contribution is 2.13. The molecule has 5 nitrogen and oxygen atoms in total. The van der Waals surface area contributed by atoms with Crippen LogP contribution < -0.4 is 10.6 Å². The molecule has 0 aliphatic rings. The second kappa shape index (κ2) is 9.92. The molecular weight excluding hydrogens is 350 g/mol. The van der Waals surface area contributed by atoms with Crippen LogP contribution in [0.4, 0.5) is 0 Å². The zero-order valence-electron chi connectivity index (χ0n) is 15.0. The molecule has 2 rings (SSSR count). The Balaban J connectivity index is 1.95. The lowest BCUT2D eigenvalue weighted by molar-refractivity contribution is -0.129. The van der Waals surface area contributed by atoms with Crippen molar-refractivity contribution in [2.75, 3.05) is 0 Å². The normalized spacial score (nSPS) is 12.9. The molecule has 26 heavy (non-hydrogen) atoms. The number of rotatable bonds is 8. The Bertz CT molecular complexity index is 720. The highest BCUT2D eigenvalue weighted by molar-refractivity contribution is 6.30. The van der Waals surface area contributed by atoms with Crippen molar-refractivity contribution in [2.45, 2.75) is 45.2 Å². The summed E-state index contributed by atoms with van der Waals surface area (Å²) in [5.41, 5.74) is 1.63. The zero-order valence-corrected chi connectivity index (χ0v) is 15.8. The summed E-state index contributed by atoms with van der Waals surface area (Å²) in [4.78, 5) is 29.1. The summed E-state index contributed by atoms with van der Waals surface area (Å²) >= 11 is 5.84. The summed E-state index contributed by atoms with van der Waals surface area (Å²) in [6, 6.07) is 12.1. The first-order valence-corrected chi connectivity index (χ1v) is 9.12. The molecule has 2 atom stereocenters. The maximum atomic E-state index is 12.6. The van der Waals surface area contributed by atoms with Gasteiger partial charge < -0.3 is 10.6 Å². The van der Waals surface area contributed by atoms with Gasteiger partial charge in [0.1, 0.15) is 6.04 Å². The molecular formula is C20H24ClN3O2. The highest BCUT2D eigenvalue weighted by atomic mass is 35.5. The first-order valence-electron chi connectivity index (χ1n) is 8.74. The van der Waals surface area contributed by atoms with Crippen LogP contribution in [0.15, 0.2) is 48.7 Å². The van der Waals surface area contributed by atoms with Gasteiger partial charge in [0.2, 0.25) is 11.8 Å². The third-order valence-corrected chi connectivity index (χ3v) is 4.21. The number of carbonyl (C=O) groups is 2. The Hall–Kier alpha value is -2.40. The van der Waals surface area contributed by atoms with E-state index in [2.05, 4.69) is 15.6 Å². The summed E-state index contributed by atoms with van der Waals surface area (Å²) < 4.78 is 0. The van der Waals surface area contributed by atoms with Crippen LogP contribution in [0.1, 0.15) is 44.0 Å². The number of pyridine rings is 1. The minimum atomic E-state index is -0.564. The minimum Gasteiger partial charge on any atom is -0.346 e. The lowest BCUT2D eigenvalue weighted by Crippen LogP contribution is -2.47. The van der Waals surface area contributed by atoms with Crippen LogP contribution in [0.2, 0.25) is 5.02 Å². The average Bonchev–Trinajstić information content (AvgIpc) is 2.62. The quantitative estimate of drug-likeness (QED) is 0.744. The van der Waals surface area contributed by atoms with Crippen molar-refractivity contribution >= 4 is 23.4 Å². The monoisotopic (exact) mass is 373 g/mol. The largest absolute Gasteiger partial charge is 0.346 e. The number of nitrogens with zero attached hydrogens (tertiary/aromatic N) is 1. The van der Waals surface area contributed by atoms with Gasteiger partial charge in [0.05, 0.1) is 23.2 Å². The Morgan fingerprint density at radius 3 is 2.46 bits per heavy atom. The van der Waals surface area contributed by atoms with Crippen LogP contribution in [-0.2, 0) is 16.0 Å². The third-order valence-electron chi connectivity index (χ3n) is 3.99. The van der Waals surface area contributed by atoms with Crippen molar-refractivity contribution in [3.63, 3.8) is 0 Å². The summed E-state index contributed by atoms with van der Waals surface area (Å²) in [7, 11) is 0. The number of nitrogens with one attached hydrogen (secondary N) is 2. The van der Waals surface area contributed by atoms with Crippen molar-refractivity contribution in [1.29, 1.82) is 0 Å². The fraction of sp³-hybridized carbons (Fsp3) is 0.350. The Kier molecular flexibility index (Phi) is 7.60. The second-order valence-corrected chi connectivity index (χ2v) is 6.64. The number of hydrogen-bond acceptors (Lipinski definition) is 3. The number of carbonyl (C=O) groups excluding carboxylic acids is 2. The predicted molar refractivity (Wildman–Crippen MR) is 103 cm³/mol. The van der Waals surface area contributed by atoms with Crippen molar-refractivity contribution < 1.29 is 9.59 Å². The molecule has 0 spiro atoms. The summed E-state index contributed by atoms with van der Waals surface area (Å²) in [6.07, 6.45) is 3.16. The molecule has 6 heteroatoms. The Morgan fingerprint density at radius 2 is 1.85 bits per heavy atom. The maximum absolute atomic E-state index is 12.6. The van der Waals surface area contributed by atoms with Crippen LogP contribution in [-0.4, -0.2) is 22.8 Å². The lowest BCUT2D eigenvalue weighted by atomic mass is 10.1. The second-order valence-electron chi connectivity index (χ2n) is 6.20. The molecule has 0 aliphatic carbocycles. The average molecular weight is 374 g/mol. The fourth-order valence-electron chi connectivity index (χ4n) is 2.62. The van der Waals surface area contributed by atoms with E-state index in [0.717, 1.165) is 12.0 Å². The molecule has 1 heterocycles. The van der Waals surface area contributed by atoms with E-state index in [4.69, 9.17) is 11.6 Å². The smallest absolute Gasteiger partial charge is 0.243 e. The van der Waals surface area contributed by atoms with E-state index < -0.39 is 6.04 Å². The summed E-state index contributed by atoms with van der Waals surface area (Å²) in [5.74, 6) is -0.375. The van der Waals surface area contributed by atoms with E-state index in [9.17, 15) is 9.59 Å². The van der Waals surface area contributed by atoms with Crippen molar-refractivity contribution in [3.8, 4) is 0 Å². The molecule has 1 aromatic carbocycles. The molecule has 0 fully saturated rings. The van der Waals surface area contributed by atoms with Crippen molar-refractivity contribution in [1.82, 2.24) is 15.6 Å². The molecule has 0 bridgehead atoms. The van der Waals surface area contributed by atoms with Gasteiger partial charge >= 0.3 is 0 Å². The van der Waals surface area contributed by atoms with E-state index in [1.807, 2.05) is 44.2 Å². The van der Waals surface area contributed by atoms with Gasteiger partial charge in [0.15, 0.2) is 0 Å². The van der Waals surface area contributed by atoms with Gasteiger partial charge in [0, 0.05) is 6.20 Å². The molecule has 2 aromatic rings. The molecule has 2 amide bonds. The Morgan fingerprint density at radius 1 is 1.12 bits per heavy atom. The van der Waals surface area contributed by atoms with E-state index in [1.54, 1.807) is 18.3 Å². The van der Waals surface area contributed by atoms with Gasteiger partial charge in [-0.25, -0.2) is 0 Å². The number of halogens is 1. The maximum Gasteiger partial charge on any atom is 0.243 e. The lowest BCUT2D eigenvalue weighted by Gasteiger charge is -2.21. The van der Waals surface area contributed by atoms with Gasteiger partial charge in [0.25, 0.3) is 0 Å². The predicted octanol–water partition coefficient (Wildman–Crippen LogP) is 3.44. The van der Waals surface area contributed by atoms with Crippen LogP contribution in [0.5, 0.6) is 0 Å². The minimum absolute atomic E-state index is 0.165. The van der Waals surface area contributed by atoms with E-state index in [1.165, 1.54) is 0 Å². The Labute approximate surface area is 159 Å². The number of benzene rings is 1. The van der Waals surface area contributed by atoms with Crippen LogP contribution in [0.3, 0.4) is 0 Å². The molecule has 2 N–H and O–H groups in total. The first kappa shape index (κ1) is 19.9. The standard InChI is InChI=1S/C20H24ClN3O2/c1-3-7-18(24-19(25)12-15-8-5-4-6-9-15)20(26)23-14(2)17-11-10-16(21)13-22-17/h4-6,8-11,13-14,18H,3,7,12H2,1-2H3,(H,23,26)(H,24,25)/t14-,18+/m1/s1. The van der Waals surface area contributed by atoms with Gasteiger partial charge in [-0.3, -0.25) is 14.6 Å². The molecule has 1 aromatic heterocycles. The topological polar surface area (TPSA) is 71.1 Å². The third kappa shape index (κ3) is 6.15. The fourth-order valence-corrected chi connectivity index (χ4v) is 2.73. The van der Waals surface area contributed by atoms with Gasteiger partial charge in [-0.15, -0.1) is 0 Å². The van der Waals surface area contributed by atoms with Gasteiger partial charge in [-0.05, 0) is 31.0 Å². The van der Waals surface area contributed by atoms with E-state index in [-0.39, 0.29) is 24.3 Å². The van der Waals surface area contributed by atoms with Crippen LogP contribution >= 0.6 is 11.6 Å². The molecule has 0 saturated carbocycles. The highest BCUT2D eigenvalue weighted by Gasteiger charge is 2.22.